The number of rotatable bonds is 5. The number of nitrogens with one attached hydrogen (secondary N) is 1. The zero-order valence-corrected chi connectivity index (χ0v) is 12.2. The Balaban J connectivity index is 3.27. The van der Waals surface area contributed by atoms with Gasteiger partial charge in [0, 0.05) is 6.61 Å². The van der Waals surface area contributed by atoms with Crippen LogP contribution in [-0.4, -0.2) is 27.7 Å². The fourth-order valence-corrected chi connectivity index (χ4v) is 1.89. The molecular weight excluding hydrogens is 262 g/mol. The summed E-state index contributed by atoms with van der Waals surface area (Å²) in [6.45, 7) is 8.17. The molecule has 0 aliphatic carbocycles. The van der Waals surface area contributed by atoms with Crippen molar-refractivity contribution >= 4 is 11.8 Å². The van der Waals surface area contributed by atoms with E-state index in [4.69, 9.17) is 15.6 Å². The molecule has 1 atom stereocenters. The number of H-pyrrole nitrogens is 1. The van der Waals surface area contributed by atoms with Crippen molar-refractivity contribution in [2.24, 2.45) is 5.41 Å². The van der Waals surface area contributed by atoms with Gasteiger partial charge in [0.1, 0.15) is 17.7 Å². The Labute approximate surface area is 117 Å². The van der Waals surface area contributed by atoms with Crippen molar-refractivity contribution in [3.8, 4) is 0 Å². The highest BCUT2D eigenvalue weighted by Crippen LogP contribution is 2.34. The number of anilines is 1. The number of aromatic amines is 1. The Morgan fingerprint density at radius 3 is 2.50 bits per heavy atom. The number of ether oxygens (including phenoxy) is 1. The molecule has 1 aromatic rings. The molecule has 0 saturated carbocycles. The second-order valence-electron chi connectivity index (χ2n) is 5.59. The lowest BCUT2D eigenvalue weighted by Crippen LogP contribution is -2.29. The van der Waals surface area contributed by atoms with Crippen molar-refractivity contribution in [1.29, 1.82) is 0 Å². The van der Waals surface area contributed by atoms with Crippen LogP contribution in [0.4, 0.5) is 5.82 Å². The molecule has 7 nitrogen and oxygen atoms in total. The first-order valence-corrected chi connectivity index (χ1v) is 6.38. The molecule has 7 heteroatoms. The van der Waals surface area contributed by atoms with Crippen LogP contribution in [-0.2, 0) is 16.0 Å². The molecule has 1 unspecified atom stereocenters. The number of carbonyl (C=O) groups is 1. The summed E-state index contributed by atoms with van der Waals surface area (Å²) in [5.41, 5.74) is 4.84. The lowest BCUT2D eigenvalue weighted by Gasteiger charge is -2.29. The number of hydrogen-bond donors (Lipinski definition) is 3. The van der Waals surface area contributed by atoms with E-state index < -0.39 is 24.1 Å². The van der Waals surface area contributed by atoms with E-state index in [2.05, 4.69) is 9.97 Å². The van der Waals surface area contributed by atoms with Crippen LogP contribution in [0, 0.1) is 5.41 Å². The Hall–Kier alpha value is -1.89. The summed E-state index contributed by atoms with van der Waals surface area (Å²) in [5.74, 6) is -0.884. The Morgan fingerprint density at radius 2 is 2.10 bits per heavy atom. The van der Waals surface area contributed by atoms with Crippen LogP contribution in [0.2, 0.25) is 0 Å². The summed E-state index contributed by atoms with van der Waals surface area (Å²) in [6, 6.07) is 0. The van der Waals surface area contributed by atoms with Crippen LogP contribution in [0.25, 0.3) is 0 Å². The minimum atomic E-state index is -1.13. The first kappa shape index (κ1) is 16.2. The second kappa shape index (κ2) is 6.04. The quantitative estimate of drug-likeness (QED) is 0.744. The predicted octanol–water partition coefficient (Wildman–Crippen LogP) is 1.10. The first-order chi connectivity index (χ1) is 9.16. The molecule has 0 spiro atoms. The van der Waals surface area contributed by atoms with E-state index in [0.29, 0.717) is 12.4 Å². The third-order valence-electron chi connectivity index (χ3n) is 2.76. The normalized spacial score (nSPS) is 13.2. The zero-order chi connectivity index (χ0) is 15.5. The molecule has 112 valence electrons. The van der Waals surface area contributed by atoms with Gasteiger partial charge in [0.2, 0.25) is 0 Å². The van der Waals surface area contributed by atoms with Crippen molar-refractivity contribution in [2.75, 3.05) is 12.3 Å². The van der Waals surface area contributed by atoms with Crippen LogP contribution in [0.15, 0.2) is 4.79 Å². The van der Waals surface area contributed by atoms with Gasteiger partial charge >= 0.3 is 5.97 Å². The third kappa shape index (κ3) is 3.80. The molecular formula is C13H21N3O4. The summed E-state index contributed by atoms with van der Waals surface area (Å²) in [5, 5.41) is 8.75. The molecule has 0 aliphatic heterocycles. The van der Waals surface area contributed by atoms with Crippen molar-refractivity contribution < 1.29 is 14.6 Å². The smallest absolute Gasteiger partial charge is 0.308 e. The third-order valence-corrected chi connectivity index (χ3v) is 2.76. The minimum absolute atomic E-state index is 0.0367. The van der Waals surface area contributed by atoms with Crippen molar-refractivity contribution in [2.45, 2.75) is 40.2 Å². The number of nitrogens with zero attached hydrogens (tertiary/aromatic N) is 1. The van der Waals surface area contributed by atoms with Gasteiger partial charge in [-0.25, -0.2) is 4.98 Å². The van der Waals surface area contributed by atoms with E-state index in [0.717, 1.165) is 0 Å². The van der Waals surface area contributed by atoms with E-state index in [9.17, 15) is 9.59 Å². The molecule has 20 heavy (non-hydrogen) atoms. The topological polar surface area (TPSA) is 118 Å². The number of carboxylic acids is 1. The Bertz CT molecular complexity index is 546. The molecule has 0 radical (unpaired) electrons. The average Bonchev–Trinajstić information content (AvgIpc) is 2.28. The van der Waals surface area contributed by atoms with Gasteiger partial charge in [-0.1, -0.05) is 20.8 Å². The summed E-state index contributed by atoms with van der Waals surface area (Å²) >= 11 is 0. The standard InChI is InChI=1S/C13H21N3O4/c1-5-20-9(13(2,3)4)11-15-10(14)7(6-8(17)18)12(19)16-11/h9H,5-6H2,1-4H3,(H,17,18)(H3,14,15,16,19). The maximum atomic E-state index is 11.9. The highest BCUT2D eigenvalue weighted by Gasteiger charge is 2.30. The average molecular weight is 283 g/mol. The summed E-state index contributed by atoms with van der Waals surface area (Å²) in [6.07, 6.45) is -0.884. The van der Waals surface area contributed by atoms with E-state index in [1.807, 2.05) is 27.7 Å². The van der Waals surface area contributed by atoms with Crippen molar-refractivity contribution in [3.05, 3.63) is 21.7 Å². The maximum Gasteiger partial charge on any atom is 0.308 e. The number of aromatic nitrogens is 2. The summed E-state index contributed by atoms with van der Waals surface area (Å²) in [4.78, 5) is 29.3. The van der Waals surface area contributed by atoms with Crippen LogP contribution < -0.4 is 11.3 Å². The van der Waals surface area contributed by atoms with E-state index >= 15 is 0 Å². The number of nitrogen functional groups attached to an aromatic ring is 1. The lowest BCUT2D eigenvalue weighted by atomic mass is 9.88. The van der Waals surface area contributed by atoms with Gasteiger partial charge in [0.05, 0.1) is 12.0 Å². The molecule has 0 aliphatic rings. The van der Waals surface area contributed by atoms with Crippen LogP contribution in [0.3, 0.4) is 0 Å². The fourth-order valence-electron chi connectivity index (χ4n) is 1.89. The molecule has 0 aromatic carbocycles. The van der Waals surface area contributed by atoms with Gasteiger partial charge in [0.25, 0.3) is 5.56 Å². The van der Waals surface area contributed by atoms with E-state index in [-0.39, 0.29) is 16.8 Å². The molecule has 1 rings (SSSR count). The van der Waals surface area contributed by atoms with Crippen molar-refractivity contribution in [1.82, 2.24) is 9.97 Å². The van der Waals surface area contributed by atoms with Gasteiger partial charge in [-0.15, -0.1) is 0 Å². The van der Waals surface area contributed by atoms with Gasteiger partial charge in [-0.2, -0.15) is 0 Å². The number of hydrogen-bond acceptors (Lipinski definition) is 5. The maximum absolute atomic E-state index is 11.9. The molecule has 1 heterocycles. The highest BCUT2D eigenvalue weighted by atomic mass is 16.5. The predicted molar refractivity (Wildman–Crippen MR) is 74.4 cm³/mol. The fraction of sp³-hybridized carbons (Fsp3) is 0.615. The monoisotopic (exact) mass is 283 g/mol. The number of aliphatic carboxylic acids is 1. The molecule has 4 N–H and O–H groups in total. The Morgan fingerprint density at radius 1 is 1.50 bits per heavy atom. The first-order valence-electron chi connectivity index (χ1n) is 6.38. The Kier molecular flexibility index (Phi) is 4.88. The largest absolute Gasteiger partial charge is 0.481 e. The van der Waals surface area contributed by atoms with Gasteiger partial charge in [0.15, 0.2) is 0 Å². The summed E-state index contributed by atoms with van der Waals surface area (Å²) in [7, 11) is 0. The van der Waals surface area contributed by atoms with Gasteiger partial charge in [-0.3, -0.25) is 9.59 Å². The molecule has 0 saturated heterocycles. The van der Waals surface area contributed by atoms with Crippen LogP contribution >= 0.6 is 0 Å². The molecule has 0 bridgehead atoms. The lowest BCUT2D eigenvalue weighted by molar-refractivity contribution is -0.136. The van der Waals surface area contributed by atoms with Crippen molar-refractivity contribution in [3.63, 3.8) is 0 Å². The minimum Gasteiger partial charge on any atom is -0.481 e. The second-order valence-corrected chi connectivity index (χ2v) is 5.59. The summed E-state index contributed by atoms with van der Waals surface area (Å²) < 4.78 is 5.62. The molecule has 1 aromatic heterocycles. The molecule has 0 amide bonds. The number of nitrogens with two attached hydrogens (primary N) is 1. The van der Waals surface area contributed by atoms with Crippen LogP contribution in [0.1, 0.15) is 45.2 Å². The highest BCUT2D eigenvalue weighted by molar-refractivity contribution is 5.71. The van der Waals surface area contributed by atoms with Gasteiger partial charge < -0.3 is 20.6 Å². The number of carboxylic acid groups (broad SMARTS) is 1. The zero-order valence-electron chi connectivity index (χ0n) is 12.2. The molecule has 0 fully saturated rings. The van der Waals surface area contributed by atoms with E-state index in [1.54, 1.807) is 0 Å². The van der Waals surface area contributed by atoms with E-state index in [1.165, 1.54) is 0 Å². The van der Waals surface area contributed by atoms with Crippen LogP contribution in [0.5, 0.6) is 0 Å². The van der Waals surface area contributed by atoms with Gasteiger partial charge in [-0.05, 0) is 12.3 Å². The SMILES string of the molecule is CCOC(c1nc(N)c(CC(=O)O)c(=O)[nH]1)C(C)(C)C.